The fourth-order valence-corrected chi connectivity index (χ4v) is 4.36. The quantitative estimate of drug-likeness (QED) is 0.399. The lowest BCUT2D eigenvalue weighted by molar-refractivity contribution is -0.129. The Hall–Kier alpha value is -2.04. The minimum atomic E-state index is -0.0307. The van der Waals surface area contributed by atoms with E-state index in [1.807, 2.05) is 36.0 Å². The minimum absolute atomic E-state index is 0.0307. The molecule has 152 valence electrons. The second-order valence-corrected chi connectivity index (χ2v) is 9.40. The third kappa shape index (κ3) is 6.48. The van der Waals surface area contributed by atoms with E-state index in [4.69, 9.17) is 16.7 Å². The number of carbonyl (C=O) groups excluding carboxylic acids is 1. The van der Waals surface area contributed by atoms with Crippen molar-refractivity contribution < 1.29 is 4.79 Å². The molecule has 1 amide bonds. The van der Waals surface area contributed by atoms with Gasteiger partial charge < -0.3 is 0 Å². The van der Waals surface area contributed by atoms with E-state index < -0.39 is 0 Å². The molecule has 0 saturated carbocycles. The van der Waals surface area contributed by atoms with Crippen LogP contribution in [0.4, 0.5) is 0 Å². The van der Waals surface area contributed by atoms with Crippen LogP contribution in [0.3, 0.4) is 0 Å². The van der Waals surface area contributed by atoms with Gasteiger partial charge in [0, 0.05) is 22.2 Å². The summed E-state index contributed by atoms with van der Waals surface area (Å²) in [6.45, 7) is 4.32. The maximum Gasteiger partial charge on any atom is 0.246 e. The monoisotopic (exact) mass is 426 g/mol. The van der Waals surface area contributed by atoms with Crippen LogP contribution >= 0.6 is 23.4 Å². The fourth-order valence-electron chi connectivity index (χ4n) is 3.14. The van der Waals surface area contributed by atoms with Gasteiger partial charge in [0.15, 0.2) is 0 Å². The van der Waals surface area contributed by atoms with Crippen LogP contribution in [0.5, 0.6) is 0 Å². The van der Waals surface area contributed by atoms with Crippen molar-refractivity contribution in [2.24, 2.45) is 5.10 Å². The Labute approximate surface area is 182 Å². The van der Waals surface area contributed by atoms with Crippen LogP contribution in [0.1, 0.15) is 36.5 Å². The standard InChI is InChI=1S/C24H27ClN2OS/c1-17-4-7-19(8-5-17)11-14-22(23-15-6-18(2)29-23)26-27(3)24(28)16-20-9-12-21(25)13-10-20/h4-5,7-10,12-13,15,18H,6,11,14,16H2,1-3H3/b26-22+. The van der Waals surface area contributed by atoms with E-state index in [0.717, 1.165) is 30.5 Å². The Balaban J connectivity index is 1.71. The predicted octanol–water partition coefficient (Wildman–Crippen LogP) is 6.05. The van der Waals surface area contributed by atoms with Gasteiger partial charge in [-0.05, 0) is 49.4 Å². The number of hydrogen-bond acceptors (Lipinski definition) is 3. The van der Waals surface area contributed by atoms with Crippen molar-refractivity contribution in [1.82, 2.24) is 5.01 Å². The molecule has 0 aliphatic carbocycles. The lowest BCUT2D eigenvalue weighted by atomic mass is 10.1. The van der Waals surface area contributed by atoms with Crippen LogP contribution in [0, 0.1) is 6.92 Å². The van der Waals surface area contributed by atoms with E-state index in [1.54, 1.807) is 7.05 Å². The van der Waals surface area contributed by atoms with Crippen LogP contribution in [0.2, 0.25) is 5.02 Å². The molecule has 29 heavy (non-hydrogen) atoms. The van der Waals surface area contributed by atoms with Gasteiger partial charge in [-0.25, -0.2) is 5.01 Å². The van der Waals surface area contributed by atoms with E-state index in [1.165, 1.54) is 21.0 Å². The van der Waals surface area contributed by atoms with Crippen molar-refractivity contribution in [3.05, 3.63) is 81.2 Å². The van der Waals surface area contributed by atoms with Gasteiger partial charge in [-0.3, -0.25) is 4.79 Å². The van der Waals surface area contributed by atoms with Gasteiger partial charge in [-0.2, -0.15) is 5.10 Å². The number of aryl methyl sites for hydroxylation is 2. The average molecular weight is 427 g/mol. The Kier molecular flexibility index (Phi) is 7.57. The molecule has 1 unspecified atom stereocenters. The number of rotatable bonds is 7. The van der Waals surface area contributed by atoms with Gasteiger partial charge in [0.2, 0.25) is 5.91 Å². The molecule has 0 aromatic heterocycles. The van der Waals surface area contributed by atoms with Crippen molar-refractivity contribution >= 4 is 35.0 Å². The number of carbonyl (C=O) groups is 1. The van der Waals surface area contributed by atoms with Crippen molar-refractivity contribution in [1.29, 1.82) is 0 Å². The third-order valence-electron chi connectivity index (χ3n) is 4.92. The lowest BCUT2D eigenvalue weighted by Gasteiger charge is -2.16. The van der Waals surface area contributed by atoms with Crippen LogP contribution in [0.15, 0.2) is 64.6 Å². The summed E-state index contributed by atoms with van der Waals surface area (Å²) in [7, 11) is 1.74. The van der Waals surface area contributed by atoms with Gasteiger partial charge in [-0.1, -0.05) is 66.6 Å². The normalized spacial score (nSPS) is 16.6. The number of benzene rings is 2. The van der Waals surface area contributed by atoms with Crippen molar-refractivity contribution in [3.63, 3.8) is 0 Å². The Morgan fingerprint density at radius 3 is 2.41 bits per heavy atom. The fraction of sp³-hybridized carbons (Fsp3) is 0.333. The highest BCUT2D eigenvalue weighted by Gasteiger charge is 2.20. The number of likely N-dealkylation sites (N-methyl/N-ethyl adjacent to an activating group) is 1. The molecule has 3 nitrogen and oxygen atoms in total. The maximum absolute atomic E-state index is 12.7. The Morgan fingerprint density at radius 1 is 1.14 bits per heavy atom. The molecule has 1 atom stereocenters. The van der Waals surface area contributed by atoms with E-state index >= 15 is 0 Å². The summed E-state index contributed by atoms with van der Waals surface area (Å²) >= 11 is 7.78. The minimum Gasteiger partial charge on any atom is -0.273 e. The summed E-state index contributed by atoms with van der Waals surface area (Å²) in [6.07, 6.45) is 5.33. The number of nitrogens with zero attached hydrogens (tertiary/aromatic N) is 2. The molecular weight excluding hydrogens is 400 g/mol. The van der Waals surface area contributed by atoms with E-state index in [0.29, 0.717) is 16.7 Å². The summed E-state index contributed by atoms with van der Waals surface area (Å²) in [4.78, 5) is 13.9. The first-order valence-corrected chi connectivity index (χ1v) is 11.2. The lowest BCUT2D eigenvalue weighted by Crippen LogP contribution is -2.25. The summed E-state index contributed by atoms with van der Waals surface area (Å²) in [5.74, 6) is -0.0307. The number of halogens is 1. The van der Waals surface area contributed by atoms with E-state index in [-0.39, 0.29) is 5.91 Å². The Morgan fingerprint density at radius 2 is 1.79 bits per heavy atom. The number of allylic oxidation sites excluding steroid dienone is 2. The molecule has 3 rings (SSSR count). The van der Waals surface area contributed by atoms with E-state index in [9.17, 15) is 4.79 Å². The highest BCUT2D eigenvalue weighted by molar-refractivity contribution is 8.04. The van der Waals surface area contributed by atoms with Crippen LogP contribution < -0.4 is 0 Å². The molecule has 1 aliphatic rings. The average Bonchev–Trinajstić information content (AvgIpc) is 3.14. The van der Waals surface area contributed by atoms with Crippen molar-refractivity contribution in [2.75, 3.05) is 7.05 Å². The summed E-state index contributed by atoms with van der Waals surface area (Å²) in [5.41, 5.74) is 4.48. The van der Waals surface area contributed by atoms with Crippen molar-refractivity contribution in [3.8, 4) is 0 Å². The molecule has 0 fully saturated rings. The third-order valence-corrected chi connectivity index (χ3v) is 6.42. The molecule has 2 aromatic carbocycles. The molecule has 0 N–H and O–H groups in total. The molecular formula is C24H27ClN2OS. The van der Waals surface area contributed by atoms with Gasteiger partial charge in [0.1, 0.15) is 0 Å². The summed E-state index contributed by atoms with van der Waals surface area (Å²) < 4.78 is 0. The highest BCUT2D eigenvalue weighted by Crippen LogP contribution is 2.34. The summed E-state index contributed by atoms with van der Waals surface area (Å²) in [6, 6.07) is 16.0. The number of thioether (sulfide) groups is 1. The zero-order valence-corrected chi connectivity index (χ0v) is 18.8. The summed E-state index contributed by atoms with van der Waals surface area (Å²) in [5, 5.41) is 7.45. The topological polar surface area (TPSA) is 32.7 Å². The molecule has 5 heteroatoms. The van der Waals surface area contributed by atoms with E-state index in [2.05, 4.69) is 44.2 Å². The second-order valence-electron chi connectivity index (χ2n) is 7.49. The van der Waals surface area contributed by atoms with Crippen LogP contribution in [0.25, 0.3) is 0 Å². The van der Waals surface area contributed by atoms with Gasteiger partial charge >= 0.3 is 0 Å². The zero-order chi connectivity index (χ0) is 20.8. The largest absolute Gasteiger partial charge is 0.273 e. The van der Waals surface area contributed by atoms with Gasteiger partial charge in [-0.15, -0.1) is 11.8 Å². The second kappa shape index (κ2) is 10.1. The Bertz CT molecular complexity index is 903. The number of hydrazone groups is 1. The number of hydrogen-bond donors (Lipinski definition) is 0. The first-order valence-electron chi connectivity index (χ1n) is 9.92. The maximum atomic E-state index is 12.7. The first-order chi connectivity index (χ1) is 13.9. The smallest absolute Gasteiger partial charge is 0.246 e. The molecule has 2 aromatic rings. The first kappa shape index (κ1) is 21.7. The molecule has 1 heterocycles. The predicted molar refractivity (Wildman–Crippen MR) is 125 cm³/mol. The van der Waals surface area contributed by atoms with Gasteiger partial charge in [0.05, 0.1) is 12.1 Å². The molecule has 1 aliphatic heterocycles. The van der Waals surface area contributed by atoms with Crippen LogP contribution in [-0.2, 0) is 17.6 Å². The zero-order valence-electron chi connectivity index (χ0n) is 17.2. The van der Waals surface area contributed by atoms with Gasteiger partial charge in [0.25, 0.3) is 0 Å². The SMILES string of the molecule is Cc1ccc(CC/C(=N\N(C)C(=O)Cc2ccc(Cl)cc2)C2=CCC(C)S2)cc1. The molecule has 0 radical (unpaired) electrons. The van der Waals surface area contributed by atoms with Crippen molar-refractivity contribution in [2.45, 2.75) is 44.8 Å². The highest BCUT2D eigenvalue weighted by atomic mass is 35.5. The molecule has 0 bridgehead atoms. The van der Waals surface area contributed by atoms with Crippen LogP contribution in [-0.4, -0.2) is 28.9 Å². The number of amides is 1. The molecule has 0 saturated heterocycles. The molecule has 0 spiro atoms.